The quantitative estimate of drug-likeness (QED) is 0.877. The van der Waals surface area contributed by atoms with E-state index in [2.05, 4.69) is 5.32 Å². The summed E-state index contributed by atoms with van der Waals surface area (Å²) in [6, 6.07) is 14.7. The normalized spacial score (nSPS) is 19.1. The van der Waals surface area contributed by atoms with Gasteiger partial charge in [0.25, 0.3) is 0 Å². The van der Waals surface area contributed by atoms with E-state index in [-0.39, 0.29) is 13.0 Å². The van der Waals surface area contributed by atoms with Crippen molar-refractivity contribution in [1.29, 1.82) is 0 Å². The summed E-state index contributed by atoms with van der Waals surface area (Å²) in [5.74, 6) is 0.483. The van der Waals surface area contributed by atoms with Crippen molar-refractivity contribution in [2.75, 3.05) is 19.0 Å². The number of likely N-dealkylation sites (tertiary alicyclic amines) is 1. The summed E-state index contributed by atoms with van der Waals surface area (Å²) in [5, 5.41) is 12.7. The number of rotatable bonds is 4. The number of carbonyl (C=O) groups is 2. The number of β-amino-alcohol motifs (C(OH)–C–C–N with tert-alkyl or cyclic N) is 1. The molecule has 0 saturated carbocycles. The number of benzene rings is 2. The highest BCUT2D eigenvalue weighted by Crippen LogP contribution is 2.26. The maximum absolute atomic E-state index is 12.7. The van der Waals surface area contributed by atoms with Crippen LogP contribution < -0.4 is 14.8 Å². The second kappa shape index (κ2) is 7.88. The van der Waals surface area contributed by atoms with Gasteiger partial charge < -0.3 is 19.9 Å². The van der Waals surface area contributed by atoms with E-state index < -0.39 is 24.1 Å². The Labute approximate surface area is 151 Å². The Kier molecular flexibility index (Phi) is 5.38. The van der Waals surface area contributed by atoms with E-state index in [9.17, 15) is 14.7 Å². The number of aliphatic hydroxyl groups excluding tert-OH is 1. The smallest absolute Gasteiger partial charge is 0.416 e. The highest BCUT2D eigenvalue weighted by atomic mass is 16.6. The van der Waals surface area contributed by atoms with Crippen molar-refractivity contribution < 1.29 is 24.2 Å². The molecule has 2 amide bonds. The first-order valence-corrected chi connectivity index (χ1v) is 8.24. The first-order chi connectivity index (χ1) is 12.6. The van der Waals surface area contributed by atoms with Crippen LogP contribution in [0.5, 0.6) is 11.5 Å². The van der Waals surface area contributed by atoms with E-state index in [1.807, 2.05) is 0 Å². The molecular formula is C19H20N2O5. The Bertz CT molecular complexity index is 781. The van der Waals surface area contributed by atoms with Crippen molar-refractivity contribution in [3.05, 3.63) is 54.6 Å². The Morgan fingerprint density at radius 2 is 1.81 bits per heavy atom. The molecule has 0 spiro atoms. The molecule has 3 rings (SSSR count). The van der Waals surface area contributed by atoms with Crippen LogP contribution >= 0.6 is 0 Å². The number of para-hydroxylation sites is 3. The Balaban J connectivity index is 1.72. The molecule has 0 unspecified atom stereocenters. The number of nitrogens with zero attached hydrogens (tertiary/aromatic N) is 1. The summed E-state index contributed by atoms with van der Waals surface area (Å²) < 4.78 is 10.5. The van der Waals surface area contributed by atoms with E-state index in [1.165, 1.54) is 12.0 Å². The number of aliphatic hydroxyl groups is 1. The maximum Gasteiger partial charge on any atom is 0.416 e. The first-order valence-electron chi connectivity index (χ1n) is 8.24. The average molecular weight is 356 g/mol. The average Bonchev–Trinajstić information content (AvgIpc) is 3.05. The third-order valence-electron chi connectivity index (χ3n) is 4.13. The Hall–Kier alpha value is -3.06. The second-order valence-corrected chi connectivity index (χ2v) is 5.93. The molecule has 2 aromatic rings. The van der Waals surface area contributed by atoms with E-state index in [1.54, 1.807) is 54.6 Å². The molecular weight excluding hydrogens is 336 g/mol. The molecule has 2 N–H and O–H groups in total. The molecule has 1 aliphatic rings. The molecule has 1 aliphatic heterocycles. The van der Waals surface area contributed by atoms with Gasteiger partial charge in [-0.05, 0) is 24.3 Å². The topological polar surface area (TPSA) is 88.1 Å². The van der Waals surface area contributed by atoms with Crippen molar-refractivity contribution >= 4 is 17.7 Å². The van der Waals surface area contributed by atoms with Crippen LogP contribution in [0.1, 0.15) is 6.42 Å². The van der Waals surface area contributed by atoms with Gasteiger partial charge in [0.15, 0.2) is 0 Å². The number of methoxy groups -OCH3 is 1. The van der Waals surface area contributed by atoms with Gasteiger partial charge in [0.1, 0.15) is 17.5 Å². The van der Waals surface area contributed by atoms with Crippen LogP contribution in [0.15, 0.2) is 54.6 Å². The van der Waals surface area contributed by atoms with Gasteiger partial charge in [0.05, 0.1) is 25.4 Å². The van der Waals surface area contributed by atoms with Gasteiger partial charge in [-0.2, -0.15) is 0 Å². The van der Waals surface area contributed by atoms with Gasteiger partial charge in [-0.25, -0.2) is 4.79 Å². The molecule has 136 valence electrons. The molecule has 2 atom stereocenters. The highest BCUT2D eigenvalue weighted by Gasteiger charge is 2.40. The van der Waals surface area contributed by atoms with Crippen LogP contribution in [-0.2, 0) is 4.79 Å². The molecule has 0 radical (unpaired) electrons. The molecule has 1 saturated heterocycles. The lowest BCUT2D eigenvalue weighted by atomic mass is 10.2. The molecule has 0 bridgehead atoms. The van der Waals surface area contributed by atoms with Crippen LogP contribution in [0.25, 0.3) is 0 Å². The first kappa shape index (κ1) is 17.8. The number of ether oxygens (including phenoxy) is 2. The Morgan fingerprint density at radius 3 is 2.54 bits per heavy atom. The van der Waals surface area contributed by atoms with Crippen LogP contribution in [0.2, 0.25) is 0 Å². The number of carbonyl (C=O) groups excluding carboxylic acids is 2. The number of hydrogen-bond acceptors (Lipinski definition) is 5. The van der Waals surface area contributed by atoms with Crippen molar-refractivity contribution in [3.63, 3.8) is 0 Å². The molecule has 0 aromatic heterocycles. The van der Waals surface area contributed by atoms with E-state index in [0.717, 1.165) is 0 Å². The Morgan fingerprint density at radius 1 is 1.12 bits per heavy atom. The molecule has 7 heteroatoms. The maximum atomic E-state index is 12.7. The SMILES string of the molecule is COc1ccccc1NC(=O)[C@@H]1C[C@H](O)CN1C(=O)Oc1ccccc1. The lowest BCUT2D eigenvalue weighted by molar-refractivity contribution is -0.119. The minimum absolute atomic E-state index is 0.0374. The zero-order valence-electron chi connectivity index (χ0n) is 14.3. The fraction of sp³-hybridized carbons (Fsp3) is 0.263. The molecule has 7 nitrogen and oxygen atoms in total. The lowest BCUT2D eigenvalue weighted by Crippen LogP contribution is -2.44. The van der Waals surface area contributed by atoms with Crippen LogP contribution in [0.3, 0.4) is 0 Å². The third kappa shape index (κ3) is 3.94. The summed E-state index contributed by atoms with van der Waals surface area (Å²) in [5.41, 5.74) is 0.498. The standard InChI is InChI=1S/C19H20N2O5/c1-25-17-10-6-5-9-15(17)20-18(23)16-11-13(22)12-21(16)19(24)26-14-7-3-2-4-8-14/h2-10,13,16,22H,11-12H2,1H3,(H,20,23)/t13-,16-/m0/s1. The van der Waals surface area contributed by atoms with Gasteiger partial charge in [-0.15, -0.1) is 0 Å². The minimum Gasteiger partial charge on any atom is -0.495 e. The van der Waals surface area contributed by atoms with Crippen molar-refractivity contribution in [2.24, 2.45) is 0 Å². The largest absolute Gasteiger partial charge is 0.495 e. The lowest BCUT2D eigenvalue weighted by Gasteiger charge is -2.23. The fourth-order valence-electron chi connectivity index (χ4n) is 2.88. The third-order valence-corrected chi connectivity index (χ3v) is 4.13. The van der Waals surface area contributed by atoms with Crippen LogP contribution in [0.4, 0.5) is 10.5 Å². The van der Waals surface area contributed by atoms with E-state index in [0.29, 0.717) is 17.2 Å². The number of hydrogen-bond donors (Lipinski definition) is 2. The van der Waals surface area contributed by atoms with E-state index in [4.69, 9.17) is 9.47 Å². The minimum atomic E-state index is -0.828. The van der Waals surface area contributed by atoms with E-state index >= 15 is 0 Å². The molecule has 2 aromatic carbocycles. The van der Waals surface area contributed by atoms with Crippen molar-refractivity contribution in [2.45, 2.75) is 18.6 Å². The summed E-state index contributed by atoms with van der Waals surface area (Å²) in [6.07, 6.45) is -1.31. The van der Waals surface area contributed by atoms with Gasteiger partial charge in [0, 0.05) is 6.42 Å². The van der Waals surface area contributed by atoms with Gasteiger partial charge in [-0.1, -0.05) is 30.3 Å². The second-order valence-electron chi connectivity index (χ2n) is 5.93. The molecule has 1 fully saturated rings. The van der Waals surface area contributed by atoms with Gasteiger partial charge in [-0.3, -0.25) is 9.69 Å². The number of nitrogens with one attached hydrogen (secondary N) is 1. The predicted octanol–water partition coefficient (Wildman–Crippen LogP) is 2.27. The zero-order chi connectivity index (χ0) is 18.5. The molecule has 1 heterocycles. The molecule has 26 heavy (non-hydrogen) atoms. The number of amides is 2. The van der Waals surface area contributed by atoms with Crippen molar-refractivity contribution in [3.8, 4) is 11.5 Å². The monoisotopic (exact) mass is 356 g/mol. The predicted molar refractivity (Wildman–Crippen MR) is 95.2 cm³/mol. The van der Waals surface area contributed by atoms with Crippen LogP contribution in [-0.4, -0.2) is 47.8 Å². The zero-order valence-corrected chi connectivity index (χ0v) is 14.3. The van der Waals surface area contributed by atoms with Gasteiger partial charge >= 0.3 is 6.09 Å². The molecule has 0 aliphatic carbocycles. The summed E-state index contributed by atoms with van der Waals surface area (Å²) in [7, 11) is 1.51. The van der Waals surface area contributed by atoms with Crippen LogP contribution in [0, 0.1) is 0 Å². The fourth-order valence-corrected chi connectivity index (χ4v) is 2.88. The summed E-state index contributed by atoms with van der Waals surface area (Å²) in [4.78, 5) is 26.3. The van der Waals surface area contributed by atoms with Crippen molar-refractivity contribution in [1.82, 2.24) is 4.90 Å². The number of anilines is 1. The van der Waals surface area contributed by atoms with Gasteiger partial charge in [0.2, 0.25) is 5.91 Å². The summed E-state index contributed by atoms with van der Waals surface area (Å²) in [6.45, 7) is 0.0374. The highest BCUT2D eigenvalue weighted by molar-refractivity contribution is 5.98. The summed E-state index contributed by atoms with van der Waals surface area (Å²) >= 11 is 0.